The topological polar surface area (TPSA) is 82.6 Å². The average molecular weight is 447 g/mol. The molecule has 4 rings (SSSR count). The highest BCUT2D eigenvalue weighted by Crippen LogP contribution is 2.43. The number of carbonyl (C=O) groups excluding carboxylic acids is 2. The van der Waals surface area contributed by atoms with Gasteiger partial charge in [0.1, 0.15) is 11.5 Å². The number of ether oxygens (including phenoxy) is 1. The van der Waals surface area contributed by atoms with E-state index in [0.29, 0.717) is 18.5 Å². The van der Waals surface area contributed by atoms with Crippen molar-refractivity contribution in [2.45, 2.75) is 46.1 Å². The Morgan fingerprint density at radius 2 is 1.94 bits per heavy atom. The van der Waals surface area contributed by atoms with Gasteiger partial charge in [-0.15, -0.1) is 0 Å². The molecule has 1 aliphatic heterocycles. The van der Waals surface area contributed by atoms with Gasteiger partial charge in [0.25, 0.3) is 11.7 Å². The first kappa shape index (κ1) is 22.6. The van der Waals surface area contributed by atoms with E-state index in [4.69, 9.17) is 4.74 Å². The Morgan fingerprint density at radius 3 is 2.61 bits per heavy atom. The summed E-state index contributed by atoms with van der Waals surface area (Å²) < 4.78 is 5.53. The first-order valence-corrected chi connectivity index (χ1v) is 11.3. The number of nitrogens with one attached hydrogen (secondary N) is 1. The van der Waals surface area contributed by atoms with Crippen LogP contribution in [0, 0.1) is 6.92 Å². The van der Waals surface area contributed by atoms with Crippen LogP contribution in [0.2, 0.25) is 0 Å². The van der Waals surface area contributed by atoms with Crippen LogP contribution in [0.1, 0.15) is 61.4 Å². The molecule has 0 bridgehead atoms. The molecule has 0 aliphatic carbocycles. The Morgan fingerprint density at radius 1 is 1.21 bits per heavy atom. The SMILES string of the molecule is CCCN1C(=O)C(=O)/C(=C(/O)c2cc(C(C)C)c(OC)cc2C)C1c1c[nH]c2ccccc12. The largest absolute Gasteiger partial charge is 0.507 e. The second-order valence-corrected chi connectivity index (χ2v) is 8.85. The highest BCUT2D eigenvalue weighted by molar-refractivity contribution is 6.46. The van der Waals surface area contributed by atoms with E-state index in [2.05, 4.69) is 4.98 Å². The summed E-state index contributed by atoms with van der Waals surface area (Å²) >= 11 is 0. The number of ketones is 1. The minimum atomic E-state index is -0.662. The molecule has 1 aliphatic rings. The van der Waals surface area contributed by atoms with E-state index in [1.54, 1.807) is 12.0 Å². The van der Waals surface area contributed by atoms with Crippen molar-refractivity contribution in [3.05, 3.63) is 70.4 Å². The molecule has 6 heteroatoms. The van der Waals surface area contributed by atoms with Gasteiger partial charge in [-0.2, -0.15) is 0 Å². The molecule has 1 fully saturated rings. The fourth-order valence-electron chi connectivity index (χ4n) is 4.72. The van der Waals surface area contributed by atoms with Crippen LogP contribution in [-0.4, -0.2) is 40.3 Å². The van der Waals surface area contributed by atoms with Gasteiger partial charge in [-0.3, -0.25) is 9.59 Å². The average Bonchev–Trinajstić information content (AvgIpc) is 3.32. The third kappa shape index (κ3) is 3.69. The Hall–Kier alpha value is -3.54. The van der Waals surface area contributed by atoms with Crippen LogP contribution in [0.3, 0.4) is 0 Å². The molecule has 2 heterocycles. The molecule has 1 amide bonds. The van der Waals surface area contributed by atoms with Crippen molar-refractivity contribution in [2.24, 2.45) is 0 Å². The van der Waals surface area contributed by atoms with Crippen molar-refractivity contribution >= 4 is 28.4 Å². The van der Waals surface area contributed by atoms with Crippen molar-refractivity contribution < 1.29 is 19.4 Å². The van der Waals surface area contributed by atoms with Gasteiger partial charge >= 0.3 is 0 Å². The van der Waals surface area contributed by atoms with Gasteiger partial charge in [0.15, 0.2) is 0 Å². The van der Waals surface area contributed by atoms with Crippen molar-refractivity contribution in [1.82, 2.24) is 9.88 Å². The molecular weight excluding hydrogens is 416 g/mol. The minimum absolute atomic E-state index is 0.126. The third-order valence-corrected chi connectivity index (χ3v) is 6.37. The summed E-state index contributed by atoms with van der Waals surface area (Å²) in [5.41, 5.74) is 4.08. The van der Waals surface area contributed by atoms with Crippen LogP contribution in [0.15, 0.2) is 48.2 Å². The molecule has 1 saturated heterocycles. The minimum Gasteiger partial charge on any atom is -0.507 e. The van der Waals surface area contributed by atoms with Gasteiger partial charge in [0.05, 0.1) is 18.7 Å². The van der Waals surface area contributed by atoms with Crippen LogP contribution < -0.4 is 4.74 Å². The number of Topliss-reactive ketones (excluding diaryl/α,β-unsaturated/α-hetero) is 1. The van der Waals surface area contributed by atoms with E-state index in [1.807, 2.05) is 70.3 Å². The fraction of sp³-hybridized carbons (Fsp3) is 0.333. The maximum Gasteiger partial charge on any atom is 0.295 e. The molecule has 2 aromatic carbocycles. The number of amides is 1. The summed E-state index contributed by atoms with van der Waals surface area (Å²) in [6.45, 7) is 8.34. The lowest BCUT2D eigenvalue weighted by Gasteiger charge is -2.24. The molecule has 2 N–H and O–H groups in total. The number of hydrogen-bond acceptors (Lipinski definition) is 4. The summed E-state index contributed by atoms with van der Waals surface area (Å²) in [6.07, 6.45) is 2.53. The molecule has 6 nitrogen and oxygen atoms in total. The van der Waals surface area contributed by atoms with Crippen molar-refractivity contribution in [3.63, 3.8) is 0 Å². The molecule has 0 spiro atoms. The zero-order valence-corrected chi connectivity index (χ0v) is 19.7. The number of nitrogens with zero attached hydrogens (tertiary/aromatic N) is 1. The second kappa shape index (κ2) is 8.77. The summed E-state index contributed by atoms with van der Waals surface area (Å²) in [6, 6.07) is 10.8. The van der Waals surface area contributed by atoms with E-state index in [0.717, 1.165) is 33.3 Å². The smallest absolute Gasteiger partial charge is 0.295 e. The van der Waals surface area contributed by atoms with Gasteiger partial charge in [0, 0.05) is 34.8 Å². The number of H-pyrrole nitrogens is 1. The van der Waals surface area contributed by atoms with Gasteiger partial charge < -0.3 is 19.7 Å². The first-order valence-electron chi connectivity index (χ1n) is 11.3. The summed E-state index contributed by atoms with van der Waals surface area (Å²) in [4.78, 5) is 31.1. The van der Waals surface area contributed by atoms with Gasteiger partial charge in [-0.05, 0) is 48.6 Å². The predicted octanol–water partition coefficient (Wildman–Crippen LogP) is 5.44. The predicted molar refractivity (Wildman–Crippen MR) is 129 cm³/mol. The van der Waals surface area contributed by atoms with Gasteiger partial charge in [0.2, 0.25) is 0 Å². The number of para-hydroxylation sites is 1. The number of hydrogen-bond donors (Lipinski definition) is 2. The highest BCUT2D eigenvalue weighted by Gasteiger charge is 2.46. The molecule has 0 saturated carbocycles. The number of fused-ring (bicyclic) bond motifs is 1. The Kier molecular flexibility index (Phi) is 6.02. The van der Waals surface area contributed by atoms with Crippen LogP contribution in [-0.2, 0) is 9.59 Å². The van der Waals surface area contributed by atoms with Crippen LogP contribution in [0.4, 0.5) is 0 Å². The number of methoxy groups -OCH3 is 1. The zero-order valence-electron chi connectivity index (χ0n) is 19.7. The second-order valence-electron chi connectivity index (χ2n) is 8.85. The fourth-order valence-corrected chi connectivity index (χ4v) is 4.72. The number of likely N-dealkylation sites (tertiary alicyclic amines) is 1. The molecule has 1 unspecified atom stereocenters. The summed E-state index contributed by atoms with van der Waals surface area (Å²) in [5, 5.41) is 12.4. The van der Waals surface area contributed by atoms with Crippen LogP contribution >= 0.6 is 0 Å². The zero-order chi connectivity index (χ0) is 23.9. The highest BCUT2D eigenvalue weighted by atomic mass is 16.5. The number of benzene rings is 2. The molecular formula is C27H30N2O4. The maximum atomic E-state index is 13.3. The molecule has 0 radical (unpaired) electrons. The molecule has 3 aromatic rings. The number of aliphatic hydroxyl groups is 1. The first-order chi connectivity index (χ1) is 15.8. The lowest BCUT2D eigenvalue weighted by Crippen LogP contribution is -2.30. The number of aromatic nitrogens is 1. The quantitative estimate of drug-likeness (QED) is 0.300. The number of rotatable bonds is 6. The lowest BCUT2D eigenvalue weighted by atomic mass is 9.91. The monoisotopic (exact) mass is 446 g/mol. The van der Waals surface area contributed by atoms with E-state index >= 15 is 0 Å². The van der Waals surface area contributed by atoms with Crippen molar-refractivity contribution in [1.29, 1.82) is 0 Å². The Labute approximate surface area is 193 Å². The summed E-state index contributed by atoms with van der Waals surface area (Å²) in [5.74, 6) is -0.497. The van der Waals surface area contributed by atoms with Crippen molar-refractivity contribution in [2.75, 3.05) is 13.7 Å². The number of aromatic amines is 1. The number of carbonyl (C=O) groups is 2. The van der Waals surface area contributed by atoms with E-state index in [1.165, 1.54) is 0 Å². The Bertz CT molecular complexity index is 1270. The van der Waals surface area contributed by atoms with Gasteiger partial charge in [-0.25, -0.2) is 0 Å². The van der Waals surface area contributed by atoms with Crippen LogP contribution in [0.25, 0.3) is 16.7 Å². The molecule has 33 heavy (non-hydrogen) atoms. The van der Waals surface area contributed by atoms with Crippen LogP contribution in [0.5, 0.6) is 5.75 Å². The van der Waals surface area contributed by atoms with Crippen molar-refractivity contribution in [3.8, 4) is 5.75 Å². The standard InChI is InChI=1S/C27H30N2O4/c1-6-11-29-24(20-14-28-21-10-8-7-9-17(20)21)23(26(31)27(29)32)25(30)19-13-18(15(2)3)22(33-5)12-16(19)4/h7-10,12-15,24,28,30H,6,11H2,1-5H3/b25-23+. The third-order valence-electron chi connectivity index (χ3n) is 6.37. The van der Waals surface area contributed by atoms with E-state index in [9.17, 15) is 14.7 Å². The lowest BCUT2D eigenvalue weighted by molar-refractivity contribution is -0.139. The molecule has 172 valence electrons. The molecule has 1 aromatic heterocycles. The number of aryl methyl sites for hydroxylation is 1. The Balaban J connectivity index is 1.98. The number of aliphatic hydroxyl groups excluding tert-OH is 1. The normalized spacial score (nSPS) is 18.0. The van der Waals surface area contributed by atoms with Gasteiger partial charge in [-0.1, -0.05) is 39.0 Å². The maximum absolute atomic E-state index is 13.3. The van der Waals surface area contributed by atoms with E-state index in [-0.39, 0.29) is 17.3 Å². The molecule has 1 atom stereocenters. The summed E-state index contributed by atoms with van der Waals surface area (Å²) in [7, 11) is 1.62. The van der Waals surface area contributed by atoms with E-state index < -0.39 is 17.7 Å².